The molecule has 0 radical (unpaired) electrons. The van der Waals surface area contributed by atoms with Crippen molar-refractivity contribution in [2.24, 2.45) is 0 Å². The van der Waals surface area contributed by atoms with E-state index in [0.29, 0.717) is 19.4 Å². The molecule has 1 fully saturated rings. The first-order valence-corrected chi connectivity index (χ1v) is 9.73. The number of nitrogens with zero attached hydrogens (tertiary/aromatic N) is 1. The molecule has 1 aromatic carbocycles. The Kier molecular flexibility index (Phi) is 7.11. The second-order valence-corrected chi connectivity index (χ2v) is 8.37. The highest BCUT2D eigenvalue weighted by Crippen LogP contribution is 2.32. The van der Waals surface area contributed by atoms with Gasteiger partial charge in [0.2, 0.25) is 0 Å². The van der Waals surface area contributed by atoms with Crippen LogP contribution in [-0.4, -0.2) is 51.9 Å². The van der Waals surface area contributed by atoms with Crippen LogP contribution in [0.3, 0.4) is 0 Å². The minimum atomic E-state index is -1.14. The van der Waals surface area contributed by atoms with E-state index in [9.17, 15) is 19.5 Å². The molecule has 2 amide bonds. The minimum Gasteiger partial charge on any atom is -0.481 e. The van der Waals surface area contributed by atoms with Crippen LogP contribution < -0.4 is 5.32 Å². The summed E-state index contributed by atoms with van der Waals surface area (Å²) in [5, 5.41) is 12.2. The average molecular weight is 406 g/mol. The number of ether oxygens (including phenoxy) is 2. The number of hydrogen-bond donors (Lipinski definition) is 2. The first-order chi connectivity index (χ1) is 13.5. The second kappa shape index (κ2) is 9.15. The molecule has 1 saturated heterocycles. The average Bonchev–Trinajstić information content (AvgIpc) is 2.61. The summed E-state index contributed by atoms with van der Waals surface area (Å²) in [6, 6.07) is 8.61. The Balaban J connectivity index is 2.13. The molecule has 2 unspecified atom stereocenters. The van der Waals surface area contributed by atoms with Gasteiger partial charge in [-0.3, -0.25) is 4.79 Å². The van der Waals surface area contributed by atoms with Crippen LogP contribution in [0.15, 0.2) is 30.3 Å². The normalized spacial score (nSPS) is 21.9. The minimum absolute atomic E-state index is 0.0694. The van der Waals surface area contributed by atoms with E-state index in [1.54, 1.807) is 27.7 Å². The number of carboxylic acid groups (broad SMARTS) is 1. The van der Waals surface area contributed by atoms with E-state index in [1.165, 1.54) is 4.90 Å². The highest BCUT2D eigenvalue weighted by Gasteiger charge is 2.47. The molecule has 1 aliphatic heterocycles. The van der Waals surface area contributed by atoms with E-state index in [2.05, 4.69) is 5.32 Å². The van der Waals surface area contributed by atoms with Crippen molar-refractivity contribution in [3.63, 3.8) is 0 Å². The maximum atomic E-state index is 12.6. The van der Waals surface area contributed by atoms with E-state index in [4.69, 9.17) is 9.47 Å². The van der Waals surface area contributed by atoms with Gasteiger partial charge >= 0.3 is 18.2 Å². The standard InChI is InChI=1S/C21H30N2O6/c1-15-21(13-17(24)25,11-8-12-23(15)19(27)29-20(2,3)4)22-18(26)28-14-16-9-6-5-7-10-16/h5-7,9-10,15H,8,11-14H2,1-4H3,(H,22,26)(H,24,25). The third-order valence-electron chi connectivity index (χ3n) is 4.95. The van der Waals surface area contributed by atoms with Gasteiger partial charge < -0.3 is 24.8 Å². The van der Waals surface area contributed by atoms with Crippen LogP contribution in [0.25, 0.3) is 0 Å². The highest BCUT2D eigenvalue weighted by molar-refractivity contribution is 5.74. The summed E-state index contributed by atoms with van der Waals surface area (Å²) < 4.78 is 10.7. The fourth-order valence-corrected chi connectivity index (χ4v) is 3.52. The van der Waals surface area contributed by atoms with Gasteiger partial charge in [-0.1, -0.05) is 30.3 Å². The van der Waals surface area contributed by atoms with Crippen LogP contribution in [0, 0.1) is 0 Å². The molecule has 8 nitrogen and oxygen atoms in total. The van der Waals surface area contributed by atoms with E-state index >= 15 is 0 Å². The Bertz CT molecular complexity index is 730. The number of carbonyl (C=O) groups excluding carboxylic acids is 2. The second-order valence-electron chi connectivity index (χ2n) is 8.37. The molecule has 2 N–H and O–H groups in total. The van der Waals surface area contributed by atoms with Crippen LogP contribution in [0.5, 0.6) is 0 Å². The maximum absolute atomic E-state index is 12.6. The lowest BCUT2D eigenvalue weighted by Crippen LogP contribution is -2.66. The van der Waals surface area contributed by atoms with E-state index in [0.717, 1.165) is 5.56 Å². The molecule has 0 saturated carbocycles. The summed E-state index contributed by atoms with van der Waals surface area (Å²) in [5.41, 5.74) is -0.998. The molecular formula is C21H30N2O6. The molecule has 0 aliphatic carbocycles. The van der Waals surface area contributed by atoms with Crippen molar-refractivity contribution in [3.8, 4) is 0 Å². The van der Waals surface area contributed by atoms with E-state index in [-0.39, 0.29) is 13.0 Å². The molecule has 2 atom stereocenters. The molecule has 1 aromatic rings. The van der Waals surface area contributed by atoms with Gasteiger partial charge in [-0.05, 0) is 46.1 Å². The van der Waals surface area contributed by atoms with Crippen LogP contribution in [0.2, 0.25) is 0 Å². The third-order valence-corrected chi connectivity index (χ3v) is 4.95. The maximum Gasteiger partial charge on any atom is 0.410 e. The first kappa shape index (κ1) is 22.5. The molecule has 0 bridgehead atoms. The van der Waals surface area contributed by atoms with Crippen molar-refractivity contribution >= 4 is 18.2 Å². The molecule has 1 heterocycles. The molecule has 2 rings (SSSR count). The number of amides is 2. The number of alkyl carbamates (subject to hydrolysis) is 1. The van der Waals surface area contributed by atoms with Crippen molar-refractivity contribution in [2.75, 3.05) is 6.54 Å². The summed E-state index contributed by atoms with van der Waals surface area (Å²) in [6.45, 7) is 7.53. The predicted octanol–water partition coefficient (Wildman–Crippen LogP) is 3.55. The SMILES string of the molecule is CC1N(C(=O)OC(C)(C)C)CCCC1(CC(=O)O)NC(=O)OCc1ccccc1. The first-order valence-electron chi connectivity index (χ1n) is 9.73. The number of hydrogen-bond acceptors (Lipinski definition) is 5. The summed E-state index contributed by atoms with van der Waals surface area (Å²) >= 11 is 0. The number of aliphatic carboxylic acids is 1. The summed E-state index contributed by atoms with van der Waals surface area (Å²) in [5.74, 6) is -1.06. The van der Waals surface area contributed by atoms with Gasteiger partial charge in [0.25, 0.3) is 0 Å². The number of carbonyl (C=O) groups is 3. The summed E-state index contributed by atoms with van der Waals surface area (Å²) in [4.78, 5) is 38.1. The fourth-order valence-electron chi connectivity index (χ4n) is 3.52. The van der Waals surface area contributed by atoms with Gasteiger partial charge in [0, 0.05) is 6.54 Å². The van der Waals surface area contributed by atoms with Gasteiger partial charge in [-0.2, -0.15) is 0 Å². The van der Waals surface area contributed by atoms with Crippen LogP contribution in [-0.2, 0) is 20.9 Å². The third kappa shape index (κ3) is 6.37. The van der Waals surface area contributed by atoms with Crippen molar-refractivity contribution in [2.45, 2.75) is 70.7 Å². The Morgan fingerprint density at radius 2 is 1.90 bits per heavy atom. The Morgan fingerprint density at radius 3 is 2.48 bits per heavy atom. The lowest BCUT2D eigenvalue weighted by atomic mass is 9.79. The van der Waals surface area contributed by atoms with Crippen molar-refractivity contribution < 1.29 is 29.0 Å². The van der Waals surface area contributed by atoms with Gasteiger partial charge in [-0.15, -0.1) is 0 Å². The van der Waals surface area contributed by atoms with Gasteiger partial charge in [0.05, 0.1) is 18.0 Å². The monoisotopic (exact) mass is 406 g/mol. The number of rotatable bonds is 5. The van der Waals surface area contributed by atoms with Crippen molar-refractivity contribution in [1.82, 2.24) is 10.2 Å². The summed E-state index contributed by atoms with van der Waals surface area (Å²) in [6.07, 6.45) is -0.615. The Labute approximate surface area is 171 Å². The molecule has 29 heavy (non-hydrogen) atoms. The number of nitrogens with one attached hydrogen (secondary N) is 1. The number of piperidine rings is 1. The van der Waals surface area contributed by atoms with Crippen molar-refractivity contribution in [1.29, 1.82) is 0 Å². The van der Waals surface area contributed by atoms with Crippen LogP contribution in [0.1, 0.15) is 52.5 Å². The van der Waals surface area contributed by atoms with Crippen LogP contribution in [0.4, 0.5) is 9.59 Å². The zero-order chi connectivity index (χ0) is 21.7. The molecule has 0 aromatic heterocycles. The number of likely N-dealkylation sites (tertiary alicyclic amines) is 1. The molecule has 160 valence electrons. The lowest BCUT2D eigenvalue weighted by Gasteiger charge is -2.47. The molecule has 0 spiro atoms. The Morgan fingerprint density at radius 1 is 1.24 bits per heavy atom. The molecule has 8 heteroatoms. The highest BCUT2D eigenvalue weighted by atomic mass is 16.6. The van der Waals surface area contributed by atoms with Crippen molar-refractivity contribution in [3.05, 3.63) is 35.9 Å². The zero-order valence-electron chi connectivity index (χ0n) is 17.4. The zero-order valence-corrected chi connectivity index (χ0v) is 17.4. The predicted molar refractivity (Wildman–Crippen MR) is 106 cm³/mol. The van der Waals surface area contributed by atoms with Crippen LogP contribution >= 0.6 is 0 Å². The summed E-state index contributed by atoms with van der Waals surface area (Å²) in [7, 11) is 0. The van der Waals surface area contributed by atoms with Gasteiger partial charge in [0.1, 0.15) is 12.2 Å². The van der Waals surface area contributed by atoms with Gasteiger partial charge in [-0.25, -0.2) is 9.59 Å². The van der Waals surface area contributed by atoms with Gasteiger partial charge in [0.15, 0.2) is 0 Å². The smallest absolute Gasteiger partial charge is 0.410 e. The topological polar surface area (TPSA) is 105 Å². The molecule has 1 aliphatic rings. The number of carboxylic acids is 1. The number of benzene rings is 1. The quantitative estimate of drug-likeness (QED) is 0.775. The fraction of sp³-hybridized carbons (Fsp3) is 0.571. The molecular weight excluding hydrogens is 376 g/mol. The largest absolute Gasteiger partial charge is 0.481 e. The lowest BCUT2D eigenvalue weighted by molar-refractivity contribution is -0.140. The van der Waals surface area contributed by atoms with E-state index in [1.807, 2.05) is 30.3 Å². The van der Waals surface area contributed by atoms with E-state index < -0.39 is 35.3 Å². The Hall–Kier alpha value is -2.77.